The molecule has 1 N–H and O–H groups in total. The number of benzene rings is 1. The first-order valence-electron chi connectivity index (χ1n) is 6.17. The summed E-state index contributed by atoms with van der Waals surface area (Å²) in [5, 5.41) is 3.80. The molecule has 0 aliphatic carbocycles. The Hall–Kier alpha value is -0.900. The Morgan fingerprint density at radius 2 is 2.11 bits per heavy atom. The van der Waals surface area contributed by atoms with Crippen LogP contribution in [-0.4, -0.2) is 31.1 Å². The van der Waals surface area contributed by atoms with Crippen LogP contribution in [0.4, 0.5) is 4.39 Å². The maximum atomic E-state index is 14.0. The Labute approximate surface area is 112 Å². The van der Waals surface area contributed by atoms with Crippen molar-refractivity contribution in [2.45, 2.75) is 13.0 Å². The molecule has 18 heavy (non-hydrogen) atoms. The van der Waals surface area contributed by atoms with Crippen molar-refractivity contribution in [2.75, 3.05) is 26.2 Å². The minimum absolute atomic E-state index is 0.153. The molecule has 1 aromatic carbocycles. The van der Waals surface area contributed by atoms with Gasteiger partial charge in [0, 0.05) is 31.7 Å². The van der Waals surface area contributed by atoms with E-state index in [4.69, 9.17) is 11.6 Å². The van der Waals surface area contributed by atoms with E-state index in [1.807, 2.05) is 6.92 Å². The molecule has 0 unspecified atom stereocenters. The van der Waals surface area contributed by atoms with Crippen LogP contribution in [0.15, 0.2) is 24.8 Å². The van der Waals surface area contributed by atoms with E-state index in [9.17, 15) is 4.39 Å². The standard InChI is InChI=1S/C14H18ClFN2/c1-3-12(18-8-6-17-7-9-18)13-11(16)5-4-10(2)14(13)15/h3-5,12,17H,1,6-9H2,2H3/t12-/m0/s1. The molecule has 4 heteroatoms. The molecule has 98 valence electrons. The number of nitrogens with zero attached hydrogens (tertiary/aromatic N) is 1. The molecule has 1 fully saturated rings. The van der Waals surface area contributed by atoms with Gasteiger partial charge in [-0.1, -0.05) is 23.7 Å². The zero-order valence-electron chi connectivity index (χ0n) is 10.5. The summed E-state index contributed by atoms with van der Waals surface area (Å²) in [6.07, 6.45) is 1.77. The maximum absolute atomic E-state index is 14.0. The van der Waals surface area contributed by atoms with E-state index < -0.39 is 0 Å². The van der Waals surface area contributed by atoms with Crippen LogP contribution < -0.4 is 5.32 Å². The van der Waals surface area contributed by atoms with E-state index in [1.165, 1.54) is 6.07 Å². The minimum atomic E-state index is -0.256. The fourth-order valence-corrected chi connectivity index (χ4v) is 2.62. The van der Waals surface area contributed by atoms with Crippen LogP contribution in [0.25, 0.3) is 0 Å². The molecule has 2 nitrogen and oxygen atoms in total. The fourth-order valence-electron chi connectivity index (χ4n) is 2.36. The fraction of sp³-hybridized carbons (Fsp3) is 0.429. The Balaban J connectivity index is 2.37. The SMILES string of the molecule is C=C[C@@H](c1c(F)ccc(C)c1Cl)N1CCNCC1. The maximum Gasteiger partial charge on any atom is 0.129 e. The van der Waals surface area contributed by atoms with Crippen molar-refractivity contribution in [3.63, 3.8) is 0 Å². The van der Waals surface area contributed by atoms with Gasteiger partial charge >= 0.3 is 0 Å². The third-order valence-electron chi connectivity index (χ3n) is 3.38. The summed E-state index contributed by atoms with van der Waals surface area (Å²) in [6, 6.07) is 3.04. The van der Waals surface area contributed by atoms with E-state index in [0.29, 0.717) is 10.6 Å². The molecule has 1 aliphatic heterocycles. The summed E-state index contributed by atoms with van der Waals surface area (Å²) in [6.45, 7) is 9.30. The molecule has 0 amide bonds. The number of rotatable bonds is 3. The topological polar surface area (TPSA) is 15.3 Å². The first-order chi connectivity index (χ1) is 8.65. The largest absolute Gasteiger partial charge is 0.314 e. The first-order valence-corrected chi connectivity index (χ1v) is 6.54. The number of halogens is 2. The molecular weight excluding hydrogens is 251 g/mol. The van der Waals surface area contributed by atoms with Crippen LogP contribution in [0.5, 0.6) is 0 Å². The van der Waals surface area contributed by atoms with Gasteiger partial charge in [-0.3, -0.25) is 4.90 Å². The van der Waals surface area contributed by atoms with Gasteiger partial charge in [-0.15, -0.1) is 6.58 Å². The normalized spacial score (nSPS) is 18.6. The number of hydrogen-bond donors (Lipinski definition) is 1. The molecule has 0 saturated carbocycles. The van der Waals surface area contributed by atoms with Gasteiger partial charge in [-0.25, -0.2) is 4.39 Å². The number of aryl methyl sites for hydroxylation is 1. The van der Waals surface area contributed by atoms with Crippen LogP contribution in [0.2, 0.25) is 5.02 Å². The van der Waals surface area contributed by atoms with Crippen LogP contribution in [0, 0.1) is 12.7 Å². The Kier molecular flexibility index (Phi) is 4.38. The summed E-state index contributed by atoms with van der Waals surface area (Å²) in [4.78, 5) is 2.20. The lowest BCUT2D eigenvalue weighted by atomic mass is 10.0. The summed E-state index contributed by atoms with van der Waals surface area (Å²) in [5.41, 5.74) is 1.45. The van der Waals surface area contributed by atoms with Gasteiger partial charge in [0.05, 0.1) is 11.1 Å². The number of piperazine rings is 1. The molecule has 2 rings (SSSR count). The van der Waals surface area contributed by atoms with Gasteiger partial charge in [0.1, 0.15) is 5.82 Å². The van der Waals surface area contributed by atoms with Crippen molar-refractivity contribution in [3.05, 3.63) is 46.8 Å². The van der Waals surface area contributed by atoms with E-state index in [-0.39, 0.29) is 11.9 Å². The van der Waals surface area contributed by atoms with Gasteiger partial charge in [0.15, 0.2) is 0 Å². The lowest BCUT2D eigenvalue weighted by Gasteiger charge is -2.34. The van der Waals surface area contributed by atoms with Gasteiger partial charge in [0.25, 0.3) is 0 Å². The van der Waals surface area contributed by atoms with E-state index in [0.717, 1.165) is 31.7 Å². The van der Waals surface area contributed by atoms with Crippen LogP contribution >= 0.6 is 11.6 Å². The van der Waals surface area contributed by atoms with Crippen molar-refractivity contribution < 1.29 is 4.39 Å². The summed E-state index contributed by atoms with van der Waals surface area (Å²) < 4.78 is 14.0. The first kappa shape index (κ1) is 13.5. The molecule has 1 atom stereocenters. The second-order valence-electron chi connectivity index (χ2n) is 4.56. The van der Waals surface area contributed by atoms with Crippen molar-refractivity contribution in [1.29, 1.82) is 0 Å². The highest BCUT2D eigenvalue weighted by Crippen LogP contribution is 2.33. The summed E-state index contributed by atoms with van der Waals surface area (Å²) >= 11 is 6.26. The third-order valence-corrected chi connectivity index (χ3v) is 3.89. The van der Waals surface area contributed by atoms with Gasteiger partial charge in [0.2, 0.25) is 0 Å². The Morgan fingerprint density at radius 3 is 2.72 bits per heavy atom. The van der Waals surface area contributed by atoms with Crippen molar-refractivity contribution in [2.24, 2.45) is 0 Å². The summed E-state index contributed by atoms with van der Waals surface area (Å²) in [5.74, 6) is -0.256. The average Bonchev–Trinajstić information content (AvgIpc) is 2.40. The highest BCUT2D eigenvalue weighted by molar-refractivity contribution is 6.32. The van der Waals surface area contributed by atoms with E-state index in [2.05, 4.69) is 16.8 Å². The third kappa shape index (κ3) is 2.58. The van der Waals surface area contributed by atoms with Gasteiger partial charge in [-0.05, 0) is 18.6 Å². The predicted octanol–water partition coefficient (Wildman–Crippen LogP) is 2.92. The molecule has 0 aromatic heterocycles. The molecule has 0 radical (unpaired) electrons. The average molecular weight is 269 g/mol. The number of nitrogens with one attached hydrogen (secondary N) is 1. The highest BCUT2D eigenvalue weighted by Gasteiger charge is 2.24. The lowest BCUT2D eigenvalue weighted by Crippen LogP contribution is -2.44. The van der Waals surface area contributed by atoms with Crippen LogP contribution in [0.1, 0.15) is 17.2 Å². The molecule has 0 spiro atoms. The lowest BCUT2D eigenvalue weighted by molar-refractivity contribution is 0.200. The molecule has 0 bridgehead atoms. The van der Waals surface area contributed by atoms with Crippen molar-refractivity contribution in [1.82, 2.24) is 10.2 Å². The Morgan fingerprint density at radius 1 is 1.44 bits per heavy atom. The van der Waals surface area contributed by atoms with Crippen molar-refractivity contribution >= 4 is 11.6 Å². The quantitative estimate of drug-likeness (QED) is 0.848. The zero-order chi connectivity index (χ0) is 13.1. The van der Waals surface area contributed by atoms with Crippen LogP contribution in [0.3, 0.4) is 0 Å². The zero-order valence-corrected chi connectivity index (χ0v) is 11.3. The number of hydrogen-bond acceptors (Lipinski definition) is 2. The molecule has 1 aromatic rings. The minimum Gasteiger partial charge on any atom is -0.314 e. The second-order valence-corrected chi connectivity index (χ2v) is 4.94. The van der Waals surface area contributed by atoms with Gasteiger partial charge < -0.3 is 5.32 Å². The summed E-state index contributed by atoms with van der Waals surface area (Å²) in [7, 11) is 0. The molecule has 1 saturated heterocycles. The molecular formula is C14H18ClFN2. The smallest absolute Gasteiger partial charge is 0.129 e. The second kappa shape index (κ2) is 5.83. The Bertz CT molecular complexity index is 442. The molecule has 1 heterocycles. The molecule has 1 aliphatic rings. The van der Waals surface area contributed by atoms with Crippen molar-refractivity contribution in [3.8, 4) is 0 Å². The highest BCUT2D eigenvalue weighted by atomic mass is 35.5. The van der Waals surface area contributed by atoms with Crippen LogP contribution in [-0.2, 0) is 0 Å². The van der Waals surface area contributed by atoms with E-state index in [1.54, 1.807) is 12.1 Å². The van der Waals surface area contributed by atoms with E-state index >= 15 is 0 Å². The predicted molar refractivity (Wildman–Crippen MR) is 73.5 cm³/mol. The van der Waals surface area contributed by atoms with Gasteiger partial charge in [-0.2, -0.15) is 0 Å². The monoisotopic (exact) mass is 268 g/mol.